The molecule has 2 N–H and O–H groups in total. The molecule has 2 rings (SSSR count). The lowest BCUT2D eigenvalue weighted by Gasteiger charge is -2.37. The summed E-state index contributed by atoms with van der Waals surface area (Å²) >= 11 is 0. The van der Waals surface area contributed by atoms with Gasteiger partial charge in [-0.1, -0.05) is 0 Å². The summed E-state index contributed by atoms with van der Waals surface area (Å²) in [6, 6.07) is -0.0290. The third-order valence-corrected chi connectivity index (χ3v) is 3.62. The second-order valence-corrected chi connectivity index (χ2v) is 5.30. The highest BCUT2D eigenvalue weighted by atomic mass is 16.4. The van der Waals surface area contributed by atoms with Crippen LogP contribution in [0.25, 0.3) is 0 Å². The molecule has 2 heterocycles. The van der Waals surface area contributed by atoms with Gasteiger partial charge in [0.2, 0.25) is 0 Å². The zero-order valence-electron chi connectivity index (χ0n) is 10.8. The van der Waals surface area contributed by atoms with E-state index in [2.05, 4.69) is 10.2 Å². The Morgan fingerprint density at radius 2 is 1.94 bits per heavy atom. The first kappa shape index (κ1) is 13.1. The smallest absolute Gasteiger partial charge is 0.317 e. The summed E-state index contributed by atoms with van der Waals surface area (Å²) in [7, 11) is 0. The largest absolute Gasteiger partial charge is 0.481 e. The van der Waals surface area contributed by atoms with Crippen LogP contribution in [0, 0.1) is 5.92 Å². The molecule has 0 aromatic heterocycles. The molecule has 1 unspecified atom stereocenters. The number of nitrogens with one attached hydrogen (secondary N) is 1. The summed E-state index contributed by atoms with van der Waals surface area (Å²) < 4.78 is 0. The number of hydrogen-bond donors (Lipinski definition) is 2. The van der Waals surface area contributed by atoms with Crippen LogP contribution in [-0.2, 0) is 4.79 Å². The Hall–Kier alpha value is -1.30. The molecule has 1 atom stereocenters. The highest BCUT2D eigenvalue weighted by molar-refractivity contribution is 5.79. The molecule has 0 bridgehead atoms. The number of likely N-dealkylation sites (tertiary alicyclic amines) is 2. The molecule has 2 fully saturated rings. The molecule has 2 amide bonds. The van der Waals surface area contributed by atoms with Gasteiger partial charge in [-0.3, -0.25) is 4.79 Å². The van der Waals surface area contributed by atoms with E-state index in [9.17, 15) is 9.59 Å². The number of carboxylic acids is 1. The summed E-state index contributed by atoms with van der Waals surface area (Å²) in [5.74, 6) is -1.20. The maximum atomic E-state index is 11.8. The topological polar surface area (TPSA) is 72.9 Å². The molecule has 0 aromatic rings. The van der Waals surface area contributed by atoms with Crippen LogP contribution in [0.15, 0.2) is 0 Å². The van der Waals surface area contributed by atoms with Gasteiger partial charge in [-0.05, 0) is 32.9 Å². The first-order chi connectivity index (χ1) is 8.56. The van der Waals surface area contributed by atoms with Gasteiger partial charge in [-0.15, -0.1) is 0 Å². The number of carboxylic acid groups (broad SMARTS) is 1. The molecule has 0 aliphatic carbocycles. The van der Waals surface area contributed by atoms with Crippen molar-refractivity contribution in [3.05, 3.63) is 0 Å². The van der Waals surface area contributed by atoms with Crippen LogP contribution in [0.4, 0.5) is 4.79 Å². The Morgan fingerprint density at radius 1 is 1.33 bits per heavy atom. The predicted octanol–water partition coefficient (Wildman–Crippen LogP) is 0.197. The number of urea groups is 1. The Balaban J connectivity index is 1.66. The average molecular weight is 255 g/mol. The Bertz CT molecular complexity index is 323. The van der Waals surface area contributed by atoms with Gasteiger partial charge in [0.05, 0.1) is 5.92 Å². The predicted molar refractivity (Wildman–Crippen MR) is 66.4 cm³/mol. The molecular formula is C12H21N3O3. The van der Waals surface area contributed by atoms with Crippen LogP contribution in [0.1, 0.15) is 19.8 Å². The van der Waals surface area contributed by atoms with Crippen molar-refractivity contribution in [2.45, 2.75) is 25.8 Å². The fourth-order valence-electron chi connectivity index (χ4n) is 2.50. The Labute approximate surface area is 107 Å². The molecule has 18 heavy (non-hydrogen) atoms. The van der Waals surface area contributed by atoms with Gasteiger partial charge >= 0.3 is 12.0 Å². The lowest BCUT2D eigenvalue weighted by atomic mass is 10.0. The molecule has 6 nitrogen and oxygen atoms in total. The van der Waals surface area contributed by atoms with Crippen molar-refractivity contribution >= 4 is 12.0 Å². The SMILES string of the molecule is CC(CN1CCCC1)NC(=O)N1CC(C(=O)O)C1. The quantitative estimate of drug-likeness (QED) is 0.752. The Kier molecular flexibility index (Phi) is 4.06. The molecule has 0 aromatic carbocycles. The number of aliphatic carboxylic acids is 1. The van der Waals surface area contributed by atoms with Crippen molar-refractivity contribution in [2.75, 3.05) is 32.7 Å². The second-order valence-electron chi connectivity index (χ2n) is 5.30. The maximum absolute atomic E-state index is 11.8. The minimum Gasteiger partial charge on any atom is -0.481 e. The monoisotopic (exact) mass is 255 g/mol. The van der Waals surface area contributed by atoms with Gasteiger partial charge < -0.3 is 20.2 Å². The molecule has 0 spiro atoms. The molecular weight excluding hydrogens is 234 g/mol. The van der Waals surface area contributed by atoms with Crippen molar-refractivity contribution in [3.63, 3.8) is 0 Å². The zero-order chi connectivity index (χ0) is 13.1. The average Bonchev–Trinajstić information content (AvgIpc) is 2.66. The van der Waals surface area contributed by atoms with Crippen molar-refractivity contribution in [1.82, 2.24) is 15.1 Å². The van der Waals surface area contributed by atoms with Crippen molar-refractivity contribution in [3.8, 4) is 0 Å². The minimum absolute atomic E-state index is 0.111. The number of hydrogen-bond acceptors (Lipinski definition) is 3. The van der Waals surface area contributed by atoms with Gasteiger partial charge in [0, 0.05) is 25.7 Å². The highest BCUT2D eigenvalue weighted by Gasteiger charge is 2.35. The molecule has 102 valence electrons. The van der Waals surface area contributed by atoms with E-state index in [0.717, 1.165) is 19.6 Å². The summed E-state index contributed by atoms with van der Waals surface area (Å²) in [4.78, 5) is 26.3. The van der Waals surface area contributed by atoms with E-state index in [0.29, 0.717) is 13.1 Å². The summed E-state index contributed by atoms with van der Waals surface area (Å²) in [6.45, 7) is 5.76. The summed E-state index contributed by atoms with van der Waals surface area (Å²) in [5.41, 5.74) is 0. The van der Waals surface area contributed by atoms with Gasteiger partial charge in [0.1, 0.15) is 0 Å². The third kappa shape index (κ3) is 3.13. The lowest BCUT2D eigenvalue weighted by Crippen LogP contribution is -2.58. The molecule has 2 aliphatic heterocycles. The summed E-state index contributed by atoms with van der Waals surface area (Å²) in [6.07, 6.45) is 2.49. The Morgan fingerprint density at radius 3 is 2.50 bits per heavy atom. The molecule has 2 saturated heterocycles. The lowest BCUT2D eigenvalue weighted by molar-refractivity contribution is -0.146. The van der Waals surface area contributed by atoms with Crippen LogP contribution in [-0.4, -0.2) is 65.7 Å². The normalized spacial score (nSPS) is 22.6. The number of amides is 2. The van der Waals surface area contributed by atoms with Gasteiger partial charge in [-0.25, -0.2) is 4.79 Å². The second kappa shape index (κ2) is 5.56. The minimum atomic E-state index is -0.816. The van der Waals surface area contributed by atoms with E-state index in [4.69, 9.17) is 5.11 Å². The van der Waals surface area contributed by atoms with Crippen molar-refractivity contribution < 1.29 is 14.7 Å². The maximum Gasteiger partial charge on any atom is 0.317 e. The standard InChI is InChI=1S/C12H21N3O3/c1-9(6-14-4-2-3-5-14)13-12(18)15-7-10(8-15)11(16)17/h9-10H,2-8H2,1H3,(H,13,18)(H,16,17). The molecule has 6 heteroatoms. The first-order valence-corrected chi connectivity index (χ1v) is 6.57. The van der Waals surface area contributed by atoms with E-state index in [1.54, 1.807) is 4.90 Å². The van der Waals surface area contributed by atoms with E-state index >= 15 is 0 Å². The number of nitrogens with zero attached hydrogens (tertiary/aromatic N) is 2. The van der Waals surface area contributed by atoms with E-state index in [1.165, 1.54) is 12.8 Å². The van der Waals surface area contributed by atoms with Crippen LogP contribution >= 0.6 is 0 Å². The van der Waals surface area contributed by atoms with Crippen LogP contribution in [0.2, 0.25) is 0 Å². The number of carbonyl (C=O) groups excluding carboxylic acids is 1. The zero-order valence-corrected chi connectivity index (χ0v) is 10.8. The highest BCUT2D eigenvalue weighted by Crippen LogP contribution is 2.15. The molecule has 0 saturated carbocycles. The number of carbonyl (C=O) groups is 2. The van der Waals surface area contributed by atoms with Crippen LogP contribution in [0.5, 0.6) is 0 Å². The van der Waals surface area contributed by atoms with E-state index < -0.39 is 5.97 Å². The van der Waals surface area contributed by atoms with Gasteiger partial charge in [-0.2, -0.15) is 0 Å². The molecule has 0 radical (unpaired) electrons. The fourth-order valence-corrected chi connectivity index (χ4v) is 2.50. The molecule has 2 aliphatic rings. The number of rotatable bonds is 4. The fraction of sp³-hybridized carbons (Fsp3) is 0.833. The van der Waals surface area contributed by atoms with Gasteiger partial charge in [0.15, 0.2) is 0 Å². The van der Waals surface area contributed by atoms with Crippen molar-refractivity contribution in [1.29, 1.82) is 0 Å². The summed E-state index contributed by atoms with van der Waals surface area (Å²) in [5, 5.41) is 11.7. The van der Waals surface area contributed by atoms with E-state index in [1.807, 2.05) is 6.92 Å². The van der Waals surface area contributed by atoms with E-state index in [-0.39, 0.29) is 18.0 Å². The van der Waals surface area contributed by atoms with Crippen LogP contribution in [0.3, 0.4) is 0 Å². The first-order valence-electron chi connectivity index (χ1n) is 6.57. The van der Waals surface area contributed by atoms with Gasteiger partial charge in [0.25, 0.3) is 0 Å². The third-order valence-electron chi connectivity index (χ3n) is 3.62. The van der Waals surface area contributed by atoms with Crippen LogP contribution < -0.4 is 5.32 Å². The van der Waals surface area contributed by atoms with Crippen molar-refractivity contribution in [2.24, 2.45) is 5.92 Å².